The Balaban J connectivity index is 0.000000415. The summed E-state index contributed by atoms with van der Waals surface area (Å²) < 4.78 is 6.25. The van der Waals surface area contributed by atoms with Gasteiger partial charge in [0.15, 0.2) is 0 Å². The monoisotopic (exact) mass is 647 g/mol. The molecule has 2 aromatic carbocycles. The molecule has 0 aliphatic carbocycles. The molecular formula is C34H51BrClN3O2. The summed E-state index contributed by atoms with van der Waals surface area (Å²) in [6, 6.07) is 15.1. The van der Waals surface area contributed by atoms with Gasteiger partial charge < -0.3 is 10.1 Å². The first kappa shape index (κ1) is 35.3. The average Bonchev–Trinajstić information content (AvgIpc) is 2.91. The molecule has 7 heteroatoms. The second kappa shape index (κ2) is 17.9. The molecule has 1 fully saturated rings. The lowest BCUT2D eigenvalue weighted by Gasteiger charge is -2.35. The first-order valence-corrected chi connectivity index (χ1v) is 16.2. The van der Waals surface area contributed by atoms with E-state index >= 15 is 0 Å². The lowest BCUT2D eigenvalue weighted by molar-refractivity contribution is 0.0527. The minimum absolute atomic E-state index is 0.323. The summed E-state index contributed by atoms with van der Waals surface area (Å²) in [5, 5.41) is 3.55. The van der Waals surface area contributed by atoms with Crippen LogP contribution in [0.5, 0.6) is 0 Å². The van der Waals surface area contributed by atoms with E-state index in [9.17, 15) is 4.79 Å². The summed E-state index contributed by atoms with van der Waals surface area (Å²) in [4.78, 5) is 16.1. The smallest absolute Gasteiger partial charge is 0.407 e. The zero-order valence-electron chi connectivity index (χ0n) is 26.2. The van der Waals surface area contributed by atoms with Gasteiger partial charge in [0.1, 0.15) is 5.60 Å². The Hall–Kier alpha value is -1.86. The summed E-state index contributed by atoms with van der Waals surface area (Å²) in [5.41, 5.74) is 4.87. The van der Waals surface area contributed by atoms with Crippen molar-refractivity contribution in [2.75, 3.05) is 32.7 Å². The van der Waals surface area contributed by atoms with Crippen LogP contribution in [-0.2, 0) is 17.8 Å². The maximum absolute atomic E-state index is 11.0. The summed E-state index contributed by atoms with van der Waals surface area (Å²) in [5.74, 6) is 0.582. The summed E-state index contributed by atoms with van der Waals surface area (Å²) in [6.07, 6.45) is 5.25. The number of ether oxygens (including phenoxy) is 1. The molecule has 0 spiro atoms. The van der Waals surface area contributed by atoms with E-state index in [1.807, 2.05) is 32.9 Å². The van der Waals surface area contributed by atoms with Gasteiger partial charge >= 0.3 is 6.09 Å². The molecule has 1 unspecified atom stereocenters. The maximum atomic E-state index is 11.0. The van der Waals surface area contributed by atoms with Crippen LogP contribution in [0.25, 0.3) is 4.48 Å². The van der Waals surface area contributed by atoms with Gasteiger partial charge in [0.25, 0.3) is 0 Å². The van der Waals surface area contributed by atoms with Crippen LogP contribution >= 0.6 is 27.5 Å². The number of rotatable bonds is 10. The molecule has 1 saturated heterocycles. The first-order valence-electron chi connectivity index (χ1n) is 15.0. The Labute approximate surface area is 262 Å². The van der Waals surface area contributed by atoms with Gasteiger partial charge in [0.2, 0.25) is 0 Å². The Morgan fingerprint density at radius 1 is 1.07 bits per heavy atom. The molecule has 1 N–H and O–H groups in total. The predicted molar refractivity (Wildman–Crippen MR) is 179 cm³/mol. The van der Waals surface area contributed by atoms with Crippen LogP contribution < -0.4 is 5.32 Å². The fraction of sp³-hybridized carbons (Fsp3) is 0.559. The average molecular weight is 649 g/mol. The van der Waals surface area contributed by atoms with E-state index in [1.165, 1.54) is 26.7 Å². The molecule has 3 rings (SSSR count). The van der Waals surface area contributed by atoms with Gasteiger partial charge in [-0.25, -0.2) is 4.79 Å². The number of unbranched alkanes of at least 4 members (excludes halogenated alkanes) is 1. The fourth-order valence-corrected chi connectivity index (χ4v) is 5.47. The van der Waals surface area contributed by atoms with Crippen molar-refractivity contribution < 1.29 is 9.53 Å². The number of amides is 1. The summed E-state index contributed by atoms with van der Waals surface area (Å²) in [7, 11) is 0. The van der Waals surface area contributed by atoms with E-state index in [0.29, 0.717) is 12.5 Å². The zero-order chi connectivity index (χ0) is 30.4. The van der Waals surface area contributed by atoms with Crippen molar-refractivity contribution >= 4 is 38.1 Å². The van der Waals surface area contributed by atoms with Crippen LogP contribution in [0.1, 0.15) is 83.1 Å². The maximum Gasteiger partial charge on any atom is 0.407 e. The van der Waals surface area contributed by atoms with Crippen LogP contribution in [0, 0.1) is 12.8 Å². The molecule has 0 aromatic heterocycles. The number of allylic oxidation sites excluding steroid dienone is 1. The Bertz CT molecular complexity index is 1110. The third-order valence-corrected chi connectivity index (χ3v) is 8.12. The van der Waals surface area contributed by atoms with Gasteiger partial charge in [0.05, 0.1) is 0 Å². The molecule has 1 heterocycles. The Morgan fingerprint density at radius 3 is 2.29 bits per heavy atom. The molecule has 0 bridgehead atoms. The standard InChI is InChI=1S/C25H32BrClN2.C9H19NO2/c1-4-19(2)15-24(26)23-16-21(10-9-20(23)3)17-28-11-13-29(14-12-28)18-22-7-5-6-8-25(22)27;1-5-6-7-10-8(11)12-9(2,3)4/h5-10,15-16,19H,4,11-14,17-18H2,1-3H3;5-7H2,1-4H3,(H,10,11)/b24-15+;. The summed E-state index contributed by atoms with van der Waals surface area (Å²) in [6.45, 7) is 21.3. The van der Waals surface area contributed by atoms with E-state index in [2.05, 4.69) is 95.1 Å². The number of piperazine rings is 1. The van der Waals surface area contributed by atoms with Gasteiger partial charge in [-0.15, -0.1) is 0 Å². The predicted octanol–water partition coefficient (Wildman–Crippen LogP) is 9.06. The van der Waals surface area contributed by atoms with E-state index in [0.717, 1.165) is 63.6 Å². The normalized spacial score (nSPS) is 15.6. The number of carbonyl (C=O) groups is 1. The lowest BCUT2D eigenvalue weighted by Crippen LogP contribution is -2.45. The van der Waals surface area contributed by atoms with Gasteiger partial charge in [-0.05, 0) is 74.4 Å². The van der Waals surface area contributed by atoms with E-state index < -0.39 is 5.60 Å². The molecule has 0 saturated carbocycles. The van der Waals surface area contributed by atoms with Gasteiger partial charge in [-0.2, -0.15) is 0 Å². The van der Waals surface area contributed by atoms with Crippen LogP contribution in [0.3, 0.4) is 0 Å². The van der Waals surface area contributed by atoms with Crippen molar-refractivity contribution in [1.29, 1.82) is 0 Å². The van der Waals surface area contributed by atoms with Crippen molar-refractivity contribution in [3.8, 4) is 0 Å². The van der Waals surface area contributed by atoms with E-state index in [-0.39, 0.29) is 6.09 Å². The molecule has 1 aliphatic rings. The molecule has 0 radical (unpaired) electrons. The zero-order valence-corrected chi connectivity index (χ0v) is 28.6. The van der Waals surface area contributed by atoms with Crippen molar-refractivity contribution in [2.24, 2.45) is 5.92 Å². The fourth-order valence-electron chi connectivity index (χ4n) is 4.39. The van der Waals surface area contributed by atoms with Gasteiger partial charge in [-0.3, -0.25) is 9.80 Å². The minimum atomic E-state index is -0.393. The van der Waals surface area contributed by atoms with Crippen LogP contribution in [0.2, 0.25) is 5.02 Å². The third kappa shape index (κ3) is 13.8. The van der Waals surface area contributed by atoms with Crippen molar-refractivity contribution in [2.45, 2.75) is 86.4 Å². The molecule has 2 aromatic rings. The first-order chi connectivity index (χ1) is 19.4. The van der Waals surface area contributed by atoms with E-state index in [4.69, 9.17) is 16.3 Å². The molecule has 228 valence electrons. The molecule has 1 aliphatic heterocycles. The molecule has 5 nitrogen and oxygen atoms in total. The van der Waals surface area contributed by atoms with Crippen molar-refractivity contribution in [3.63, 3.8) is 0 Å². The number of benzene rings is 2. The number of halogens is 2. The number of hydrogen-bond donors (Lipinski definition) is 1. The van der Waals surface area contributed by atoms with Crippen molar-refractivity contribution in [3.05, 3.63) is 75.8 Å². The lowest BCUT2D eigenvalue weighted by atomic mass is 10.0. The number of nitrogens with one attached hydrogen (secondary N) is 1. The van der Waals surface area contributed by atoms with Gasteiger partial charge in [-0.1, -0.05) is 97.6 Å². The molecular weight excluding hydrogens is 598 g/mol. The molecule has 1 atom stereocenters. The van der Waals surface area contributed by atoms with Crippen LogP contribution in [0.15, 0.2) is 48.5 Å². The quantitative estimate of drug-likeness (QED) is 0.261. The minimum Gasteiger partial charge on any atom is -0.444 e. The highest BCUT2D eigenvalue weighted by atomic mass is 79.9. The number of nitrogens with zero attached hydrogens (tertiary/aromatic N) is 2. The number of carbonyl (C=O) groups excluding carboxylic acids is 1. The number of alkyl carbamates (subject to hydrolysis) is 1. The topological polar surface area (TPSA) is 44.8 Å². The van der Waals surface area contributed by atoms with Crippen LogP contribution in [-0.4, -0.2) is 54.2 Å². The van der Waals surface area contributed by atoms with Crippen molar-refractivity contribution in [1.82, 2.24) is 15.1 Å². The van der Waals surface area contributed by atoms with Gasteiger partial charge in [0, 0.05) is 55.3 Å². The number of aryl methyl sites for hydroxylation is 1. The Morgan fingerprint density at radius 2 is 1.71 bits per heavy atom. The second-order valence-corrected chi connectivity index (χ2v) is 13.2. The van der Waals surface area contributed by atoms with E-state index in [1.54, 1.807) is 0 Å². The highest BCUT2D eigenvalue weighted by Gasteiger charge is 2.18. The second-order valence-electron chi connectivity index (χ2n) is 12.0. The Kier molecular flexibility index (Phi) is 15.5. The number of hydrogen-bond acceptors (Lipinski definition) is 4. The molecule has 1 amide bonds. The highest BCUT2D eigenvalue weighted by molar-refractivity contribution is 9.15. The largest absolute Gasteiger partial charge is 0.444 e. The SMILES string of the molecule is CCC(C)/C=C(/Br)c1cc(CN2CCN(Cc3ccccc3Cl)CC2)ccc1C.CCCCNC(=O)OC(C)(C)C. The highest BCUT2D eigenvalue weighted by Crippen LogP contribution is 2.28. The van der Waals surface area contributed by atoms with Crippen LogP contribution in [0.4, 0.5) is 4.79 Å². The molecule has 41 heavy (non-hydrogen) atoms. The third-order valence-electron chi connectivity index (χ3n) is 7.06. The summed E-state index contributed by atoms with van der Waals surface area (Å²) >= 11 is 10.1.